The van der Waals surface area contributed by atoms with Crippen LogP contribution in [0, 0.1) is 0 Å². The summed E-state index contributed by atoms with van der Waals surface area (Å²) in [6, 6.07) is 8.51. The molecule has 2 N–H and O–H groups in total. The molecule has 1 saturated heterocycles. The second-order valence-electron chi connectivity index (χ2n) is 5.23. The fourth-order valence-corrected chi connectivity index (χ4v) is 2.71. The second kappa shape index (κ2) is 6.29. The fraction of sp³-hybridized carbons (Fsp3) is 0.400. The van der Waals surface area contributed by atoms with Gasteiger partial charge in [0.25, 0.3) is 0 Å². The molecule has 3 rings (SSSR count). The SMILES string of the molecule is C[C@@H]1CN(C(=O)Cc2c[nH]c3ccccc23)CCN1.Cl. The largest absolute Gasteiger partial charge is 0.361 e. The highest BCUT2D eigenvalue weighted by molar-refractivity contribution is 5.88. The molecule has 1 aliphatic heterocycles. The molecule has 4 nitrogen and oxygen atoms in total. The van der Waals surface area contributed by atoms with Crippen LogP contribution in [0.15, 0.2) is 30.5 Å². The van der Waals surface area contributed by atoms with E-state index in [4.69, 9.17) is 0 Å². The first-order chi connectivity index (χ1) is 9.24. The van der Waals surface area contributed by atoms with E-state index in [1.54, 1.807) is 0 Å². The average Bonchev–Trinajstić information content (AvgIpc) is 2.82. The summed E-state index contributed by atoms with van der Waals surface area (Å²) in [6.45, 7) is 4.62. The van der Waals surface area contributed by atoms with Gasteiger partial charge in [-0.3, -0.25) is 4.79 Å². The van der Waals surface area contributed by atoms with Gasteiger partial charge in [-0.2, -0.15) is 0 Å². The number of nitrogens with one attached hydrogen (secondary N) is 2. The van der Waals surface area contributed by atoms with Crippen molar-refractivity contribution >= 4 is 29.2 Å². The quantitative estimate of drug-likeness (QED) is 0.889. The Hall–Kier alpha value is -1.52. The monoisotopic (exact) mass is 293 g/mol. The molecule has 1 aromatic heterocycles. The molecule has 0 unspecified atom stereocenters. The number of benzene rings is 1. The normalized spacial score (nSPS) is 18.9. The van der Waals surface area contributed by atoms with E-state index in [2.05, 4.69) is 23.3 Å². The van der Waals surface area contributed by atoms with E-state index in [0.717, 1.165) is 36.1 Å². The Morgan fingerprint density at radius 3 is 3.00 bits per heavy atom. The molecule has 5 heteroatoms. The number of carbonyl (C=O) groups is 1. The number of halogens is 1. The summed E-state index contributed by atoms with van der Waals surface area (Å²) in [5.74, 6) is 0.220. The lowest BCUT2D eigenvalue weighted by atomic mass is 10.1. The summed E-state index contributed by atoms with van der Waals surface area (Å²) in [4.78, 5) is 17.5. The molecule has 0 aliphatic carbocycles. The van der Waals surface area contributed by atoms with Crippen molar-refractivity contribution < 1.29 is 4.79 Å². The van der Waals surface area contributed by atoms with E-state index in [9.17, 15) is 4.79 Å². The Kier molecular flexibility index (Phi) is 4.68. The van der Waals surface area contributed by atoms with Gasteiger partial charge in [-0.05, 0) is 18.6 Å². The lowest BCUT2D eigenvalue weighted by Crippen LogP contribution is -2.51. The maximum absolute atomic E-state index is 12.3. The molecule has 1 fully saturated rings. The van der Waals surface area contributed by atoms with Crippen LogP contribution >= 0.6 is 12.4 Å². The van der Waals surface area contributed by atoms with Crippen LogP contribution < -0.4 is 5.32 Å². The summed E-state index contributed by atoms with van der Waals surface area (Å²) < 4.78 is 0. The highest BCUT2D eigenvalue weighted by atomic mass is 35.5. The number of para-hydroxylation sites is 1. The minimum atomic E-state index is 0. The van der Waals surface area contributed by atoms with Crippen molar-refractivity contribution in [1.82, 2.24) is 15.2 Å². The third-order valence-corrected chi connectivity index (χ3v) is 3.74. The number of carbonyl (C=O) groups excluding carboxylic acids is 1. The van der Waals surface area contributed by atoms with Crippen LogP contribution in [-0.4, -0.2) is 41.5 Å². The number of rotatable bonds is 2. The molecule has 0 spiro atoms. The summed E-state index contributed by atoms with van der Waals surface area (Å²) in [5, 5.41) is 4.51. The number of piperazine rings is 1. The maximum Gasteiger partial charge on any atom is 0.227 e. The number of aromatic amines is 1. The minimum absolute atomic E-state index is 0. The molecule has 2 aromatic rings. The number of hydrogen-bond acceptors (Lipinski definition) is 2. The van der Waals surface area contributed by atoms with E-state index in [1.165, 1.54) is 0 Å². The Morgan fingerprint density at radius 2 is 2.20 bits per heavy atom. The van der Waals surface area contributed by atoms with Gasteiger partial charge >= 0.3 is 0 Å². The van der Waals surface area contributed by atoms with E-state index in [0.29, 0.717) is 12.5 Å². The number of amides is 1. The first-order valence-electron chi connectivity index (χ1n) is 6.80. The van der Waals surface area contributed by atoms with Crippen LogP contribution in [0.3, 0.4) is 0 Å². The lowest BCUT2D eigenvalue weighted by Gasteiger charge is -2.32. The molecule has 108 valence electrons. The first-order valence-corrected chi connectivity index (χ1v) is 6.80. The molecule has 1 amide bonds. The molecule has 0 radical (unpaired) electrons. The van der Waals surface area contributed by atoms with Crippen LogP contribution in [0.25, 0.3) is 10.9 Å². The molecule has 0 saturated carbocycles. The van der Waals surface area contributed by atoms with Crippen LogP contribution in [0.4, 0.5) is 0 Å². The van der Waals surface area contributed by atoms with Crippen molar-refractivity contribution in [3.63, 3.8) is 0 Å². The van der Waals surface area contributed by atoms with E-state index >= 15 is 0 Å². The van der Waals surface area contributed by atoms with Gasteiger partial charge in [-0.1, -0.05) is 18.2 Å². The molecular weight excluding hydrogens is 274 g/mol. The van der Waals surface area contributed by atoms with Gasteiger partial charge in [0.15, 0.2) is 0 Å². The van der Waals surface area contributed by atoms with Gasteiger partial charge in [0.2, 0.25) is 5.91 Å². The Labute approximate surface area is 124 Å². The van der Waals surface area contributed by atoms with Crippen LogP contribution in [-0.2, 0) is 11.2 Å². The van der Waals surface area contributed by atoms with Crippen LogP contribution in [0.2, 0.25) is 0 Å². The Morgan fingerprint density at radius 1 is 1.40 bits per heavy atom. The topological polar surface area (TPSA) is 48.1 Å². The Bertz CT molecular complexity index is 596. The number of fused-ring (bicyclic) bond motifs is 1. The van der Waals surface area contributed by atoms with Gasteiger partial charge in [0.05, 0.1) is 6.42 Å². The third kappa shape index (κ3) is 2.97. The molecule has 20 heavy (non-hydrogen) atoms. The van der Waals surface area contributed by atoms with Gasteiger partial charge in [0.1, 0.15) is 0 Å². The smallest absolute Gasteiger partial charge is 0.227 e. The van der Waals surface area contributed by atoms with E-state index in [1.807, 2.05) is 29.3 Å². The van der Waals surface area contributed by atoms with Crippen LogP contribution in [0.5, 0.6) is 0 Å². The Balaban J connectivity index is 0.00000147. The van der Waals surface area contributed by atoms with Crippen molar-refractivity contribution in [2.24, 2.45) is 0 Å². The highest BCUT2D eigenvalue weighted by Gasteiger charge is 2.21. The van der Waals surface area contributed by atoms with Gasteiger partial charge in [-0.15, -0.1) is 12.4 Å². The van der Waals surface area contributed by atoms with Crippen molar-refractivity contribution in [3.05, 3.63) is 36.0 Å². The fourth-order valence-electron chi connectivity index (χ4n) is 2.71. The zero-order chi connectivity index (χ0) is 13.2. The number of aromatic nitrogens is 1. The summed E-state index contributed by atoms with van der Waals surface area (Å²) in [7, 11) is 0. The van der Waals surface area contributed by atoms with Gasteiger partial charge in [-0.25, -0.2) is 0 Å². The minimum Gasteiger partial charge on any atom is -0.361 e. The lowest BCUT2D eigenvalue weighted by molar-refractivity contribution is -0.131. The zero-order valence-electron chi connectivity index (χ0n) is 11.6. The number of H-pyrrole nitrogens is 1. The predicted octanol–water partition coefficient (Wildman–Crippen LogP) is 1.95. The van der Waals surface area contributed by atoms with Crippen molar-refractivity contribution in [2.75, 3.05) is 19.6 Å². The molecule has 1 aliphatic rings. The van der Waals surface area contributed by atoms with Crippen LogP contribution in [0.1, 0.15) is 12.5 Å². The number of hydrogen-bond donors (Lipinski definition) is 2. The zero-order valence-corrected chi connectivity index (χ0v) is 12.4. The standard InChI is InChI=1S/C15H19N3O.ClH/c1-11-10-18(7-6-16-11)15(19)8-12-9-17-14-5-3-2-4-13(12)14;/h2-5,9,11,16-17H,6-8,10H2,1H3;1H/t11-;/m1./s1. The maximum atomic E-state index is 12.3. The van der Waals surface area contributed by atoms with Gasteiger partial charge in [0, 0.05) is 42.8 Å². The highest BCUT2D eigenvalue weighted by Crippen LogP contribution is 2.18. The predicted molar refractivity (Wildman–Crippen MR) is 83.3 cm³/mol. The average molecular weight is 294 g/mol. The number of nitrogens with zero attached hydrogens (tertiary/aromatic N) is 1. The summed E-state index contributed by atoms with van der Waals surface area (Å²) in [5.41, 5.74) is 2.19. The molecule has 2 heterocycles. The third-order valence-electron chi connectivity index (χ3n) is 3.74. The van der Waals surface area contributed by atoms with Crippen molar-refractivity contribution in [2.45, 2.75) is 19.4 Å². The molecule has 1 atom stereocenters. The molecular formula is C15H20ClN3O. The molecule has 1 aromatic carbocycles. The van der Waals surface area contributed by atoms with E-state index in [-0.39, 0.29) is 18.3 Å². The van der Waals surface area contributed by atoms with E-state index < -0.39 is 0 Å². The summed E-state index contributed by atoms with van der Waals surface area (Å²) in [6.07, 6.45) is 2.44. The second-order valence-corrected chi connectivity index (χ2v) is 5.23. The van der Waals surface area contributed by atoms with Crippen molar-refractivity contribution in [3.8, 4) is 0 Å². The van der Waals surface area contributed by atoms with Crippen molar-refractivity contribution in [1.29, 1.82) is 0 Å². The first kappa shape index (κ1) is 14.9. The molecule has 0 bridgehead atoms. The van der Waals surface area contributed by atoms with Gasteiger partial charge < -0.3 is 15.2 Å². The summed E-state index contributed by atoms with van der Waals surface area (Å²) >= 11 is 0.